The van der Waals surface area contributed by atoms with E-state index in [0.717, 1.165) is 22.4 Å². The van der Waals surface area contributed by atoms with Gasteiger partial charge in [-0.25, -0.2) is 0 Å². The molecule has 2 aromatic carbocycles. The molecule has 0 atom stereocenters. The van der Waals surface area contributed by atoms with Crippen molar-refractivity contribution >= 4 is 40.3 Å². The standard InChI is InChI=1S/C19H17NO2S2/c1-13-8-9-16(22-2)15(10-13)11-17-18(21)20(19(23)24-17)12-14-6-4-3-5-7-14/h3-11H,12H2,1-2H3. The molecule has 5 heteroatoms. The Labute approximate surface area is 151 Å². The predicted molar refractivity (Wildman–Crippen MR) is 103 cm³/mol. The molecule has 0 unspecified atom stereocenters. The smallest absolute Gasteiger partial charge is 0.266 e. The number of hydrogen-bond donors (Lipinski definition) is 0. The number of aryl methyl sites for hydroxylation is 1. The van der Waals surface area contributed by atoms with Crippen LogP contribution < -0.4 is 4.74 Å². The number of benzene rings is 2. The van der Waals surface area contributed by atoms with Crippen LogP contribution in [0.2, 0.25) is 0 Å². The molecule has 0 radical (unpaired) electrons. The highest BCUT2D eigenvalue weighted by molar-refractivity contribution is 8.26. The third-order valence-electron chi connectivity index (χ3n) is 3.73. The third kappa shape index (κ3) is 3.52. The Hall–Kier alpha value is -2.11. The number of thiocarbonyl (C=S) groups is 1. The zero-order valence-electron chi connectivity index (χ0n) is 13.5. The summed E-state index contributed by atoms with van der Waals surface area (Å²) in [4.78, 5) is 15.0. The fourth-order valence-electron chi connectivity index (χ4n) is 2.51. The van der Waals surface area contributed by atoms with Crippen LogP contribution in [0, 0.1) is 6.92 Å². The van der Waals surface area contributed by atoms with Crippen molar-refractivity contribution in [2.45, 2.75) is 13.5 Å². The van der Waals surface area contributed by atoms with E-state index in [0.29, 0.717) is 15.8 Å². The Morgan fingerprint density at radius 2 is 1.96 bits per heavy atom. The van der Waals surface area contributed by atoms with E-state index < -0.39 is 0 Å². The summed E-state index contributed by atoms with van der Waals surface area (Å²) >= 11 is 6.73. The van der Waals surface area contributed by atoms with Crippen LogP contribution in [0.4, 0.5) is 0 Å². The summed E-state index contributed by atoms with van der Waals surface area (Å²) < 4.78 is 5.97. The number of methoxy groups -OCH3 is 1. The molecular weight excluding hydrogens is 338 g/mol. The molecule has 1 aliphatic heterocycles. The van der Waals surface area contributed by atoms with Crippen LogP contribution in [0.5, 0.6) is 5.75 Å². The molecule has 0 aromatic heterocycles. The lowest BCUT2D eigenvalue weighted by Crippen LogP contribution is -2.27. The quantitative estimate of drug-likeness (QED) is 0.600. The Bertz CT molecular complexity index is 815. The molecule has 1 amide bonds. The van der Waals surface area contributed by atoms with Crippen molar-refractivity contribution < 1.29 is 9.53 Å². The molecule has 122 valence electrons. The second-order valence-electron chi connectivity index (χ2n) is 5.50. The second-order valence-corrected chi connectivity index (χ2v) is 7.17. The maximum Gasteiger partial charge on any atom is 0.266 e. The van der Waals surface area contributed by atoms with Crippen molar-refractivity contribution in [1.29, 1.82) is 0 Å². The number of nitrogens with zero attached hydrogens (tertiary/aromatic N) is 1. The molecule has 3 nitrogen and oxygen atoms in total. The third-order valence-corrected chi connectivity index (χ3v) is 5.11. The highest BCUT2D eigenvalue weighted by atomic mass is 32.2. The van der Waals surface area contributed by atoms with Gasteiger partial charge in [-0.1, -0.05) is 65.9 Å². The molecule has 0 N–H and O–H groups in total. The number of amides is 1. The van der Waals surface area contributed by atoms with E-state index in [4.69, 9.17) is 17.0 Å². The van der Waals surface area contributed by atoms with Crippen LogP contribution in [0.3, 0.4) is 0 Å². The van der Waals surface area contributed by atoms with Gasteiger partial charge in [0.2, 0.25) is 0 Å². The number of carbonyl (C=O) groups excluding carboxylic acids is 1. The highest BCUT2D eigenvalue weighted by Crippen LogP contribution is 2.35. The normalized spacial score (nSPS) is 16.1. The van der Waals surface area contributed by atoms with E-state index in [1.54, 1.807) is 12.0 Å². The first-order valence-corrected chi connectivity index (χ1v) is 8.75. The van der Waals surface area contributed by atoms with E-state index in [1.165, 1.54) is 11.8 Å². The topological polar surface area (TPSA) is 29.5 Å². The van der Waals surface area contributed by atoms with Crippen molar-refractivity contribution in [3.63, 3.8) is 0 Å². The number of ether oxygens (including phenoxy) is 1. The van der Waals surface area contributed by atoms with Crippen molar-refractivity contribution in [2.24, 2.45) is 0 Å². The van der Waals surface area contributed by atoms with Gasteiger partial charge in [-0.05, 0) is 30.7 Å². The average molecular weight is 355 g/mol. The maximum atomic E-state index is 12.7. The van der Waals surface area contributed by atoms with Gasteiger partial charge < -0.3 is 4.74 Å². The van der Waals surface area contributed by atoms with Gasteiger partial charge in [0.25, 0.3) is 5.91 Å². The van der Waals surface area contributed by atoms with Gasteiger partial charge in [-0.2, -0.15) is 0 Å². The monoisotopic (exact) mass is 355 g/mol. The lowest BCUT2D eigenvalue weighted by atomic mass is 10.1. The largest absolute Gasteiger partial charge is 0.496 e. The minimum Gasteiger partial charge on any atom is -0.496 e. The van der Waals surface area contributed by atoms with Gasteiger partial charge in [-0.3, -0.25) is 9.69 Å². The number of rotatable bonds is 4. The van der Waals surface area contributed by atoms with Gasteiger partial charge in [0.05, 0.1) is 18.6 Å². The van der Waals surface area contributed by atoms with Crippen molar-refractivity contribution in [2.75, 3.05) is 7.11 Å². The van der Waals surface area contributed by atoms with Crippen LogP contribution in [-0.4, -0.2) is 22.2 Å². The fourth-order valence-corrected chi connectivity index (χ4v) is 3.76. The van der Waals surface area contributed by atoms with E-state index in [2.05, 4.69) is 0 Å². The molecule has 3 rings (SSSR count). The molecule has 0 aliphatic carbocycles. The minimum absolute atomic E-state index is 0.0580. The molecule has 0 bridgehead atoms. The van der Waals surface area contributed by atoms with Gasteiger partial charge in [0.15, 0.2) is 0 Å². The first-order chi connectivity index (χ1) is 11.6. The molecular formula is C19H17NO2S2. The summed E-state index contributed by atoms with van der Waals surface area (Å²) in [7, 11) is 1.63. The molecule has 2 aromatic rings. The van der Waals surface area contributed by atoms with Crippen LogP contribution >= 0.6 is 24.0 Å². The molecule has 0 spiro atoms. The average Bonchev–Trinajstić information content (AvgIpc) is 2.84. The summed E-state index contributed by atoms with van der Waals surface area (Å²) in [5.74, 6) is 0.686. The Morgan fingerprint density at radius 1 is 1.21 bits per heavy atom. The van der Waals surface area contributed by atoms with Crippen molar-refractivity contribution in [3.05, 3.63) is 70.1 Å². The van der Waals surface area contributed by atoms with Crippen LogP contribution in [0.1, 0.15) is 16.7 Å². The van der Waals surface area contributed by atoms with E-state index in [1.807, 2.05) is 61.5 Å². The Balaban J connectivity index is 1.87. The zero-order chi connectivity index (χ0) is 17.1. The number of thioether (sulfide) groups is 1. The second kappa shape index (κ2) is 7.20. The Kier molecular flexibility index (Phi) is 5.02. The summed E-state index contributed by atoms with van der Waals surface area (Å²) in [6, 6.07) is 15.8. The molecule has 1 saturated heterocycles. The molecule has 24 heavy (non-hydrogen) atoms. The molecule has 1 fully saturated rings. The van der Waals surface area contributed by atoms with Crippen LogP contribution in [0.15, 0.2) is 53.4 Å². The molecule has 1 aliphatic rings. The van der Waals surface area contributed by atoms with E-state index in [9.17, 15) is 4.79 Å². The predicted octanol–water partition coefficient (Wildman–Crippen LogP) is 4.41. The van der Waals surface area contributed by atoms with E-state index >= 15 is 0 Å². The number of hydrogen-bond acceptors (Lipinski definition) is 4. The van der Waals surface area contributed by atoms with Crippen molar-refractivity contribution in [1.82, 2.24) is 4.90 Å². The first-order valence-electron chi connectivity index (χ1n) is 7.52. The molecule has 0 saturated carbocycles. The lowest BCUT2D eigenvalue weighted by molar-refractivity contribution is -0.122. The van der Waals surface area contributed by atoms with Crippen LogP contribution in [0.25, 0.3) is 6.08 Å². The summed E-state index contributed by atoms with van der Waals surface area (Å²) in [5, 5.41) is 0. The van der Waals surface area contributed by atoms with Gasteiger partial charge >= 0.3 is 0 Å². The van der Waals surface area contributed by atoms with Gasteiger partial charge in [0, 0.05) is 5.56 Å². The lowest BCUT2D eigenvalue weighted by Gasteiger charge is -2.14. The van der Waals surface area contributed by atoms with Crippen molar-refractivity contribution in [3.8, 4) is 5.75 Å². The van der Waals surface area contributed by atoms with Gasteiger partial charge in [0.1, 0.15) is 10.1 Å². The SMILES string of the molecule is COc1ccc(C)cc1C=C1SC(=S)N(Cc2ccccc2)C1=O. The highest BCUT2D eigenvalue weighted by Gasteiger charge is 2.32. The molecule has 1 heterocycles. The maximum absolute atomic E-state index is 12.7. The van der Waals surface area contributed by atoms with Gasteiger partial charge in [-0.15, -0.1) is 0 Å². The fraction of sp³-hybridized carbons (Fsp3) is 0.158. The summed E-state index contributed by atoms with van der Waals surface area (Å²) in [6.45, 7) is 2.51. The summed E-state index contributed by atoms with van der Waals surface area (Å²) in [6.07, 6.45) is 1.86. The zero-order valence-corrected chi connectivity index (χ0v) is 15.1. The minimum atomic E-state index is -0.0580. The first kappa shape index (κ1) is 16.7. The van der Waals surface area contributed by atoms with E-state index in [-0.39, 0.29) is 5.91 Å². The Morgan fingerprint density at radius 3 is 2.67 bits per heavy atom. The number of carbonyl (C=O) groups is 1. The van der Waals surface area contributed by atoms with Crippen LogP contribution in [-0.2, 0) is 11.3 Å². The summed E-state index contributed by atoms with van der Waals surface area (Å²) in [5.41, 5.74) is 3.06.